The number of nitrogens with zero attached hydrogens (tertiary/aromatic N) is 1. The number of carbonyl (C=O) groups excluding carboxylic acids is 1. The van der Waals surface area contributed by atoms with Crippen LogP contribution in [-0.2, 0) is 11.2 Å². The summed E-state index contributed by atoms with van der Waals surface area (Å²) in [5, 5.41) is 3.95. The first-order valence-electron chi connectivity index (χ1n) is 6.59. The van der Waals surface area contributed by atoms with E-state index in [1.165, 1.54) is 12.1 Å². The van der Waals surface area contributed by atoms with Gasteiger partial charge in [-0.3, -0.25) is 4.79 Å². The monoisotopic (exact) mass is 538 g/mol. The van der Waals surface area contributed by atoms with Crippen LogP contribution in [-0.4, -0.2) is 19.2 Å². The highest BCUT2D eigenvalue weighted by Gasteiger charge is 2.07. The maximum absolute atomic E-state index is 12.8. The van der Waals surface area contributed by atoms with Crippen LogP contribution in [0, 0.1) is 13.0 Å². The van der Waals surface area contributed by atoms with Gasteiger partial charge in [-0.25, -0.2) is 9.82 Å². The maximum atomic E-state index is 12.8. The Morgan fingerprint density at radius 3 is 2.43 bits per heavy atom. The van der Waals surface area contributed by atoms with E-state index >= 15 is 0 Å². The minimum absolute atomic E-state index is 0.148. The van der Waals surface area contributed by atoms with Gasteiger partial charge >= 0.3 is 0 Å². The van der Waals surface area contributed by atoms with Crippen molar-refractivity contribution in [1.82, 2.24) is 5.43 Å². The molecule has 0 saturated carbocycles. The molecule has 1 amide bonds. The highest BCUT2D eigenvalue weighted by molar-refractivity contribution is 14.1. The summed E-state index contributed by atoms with van der Waals surface area (Å²) in [4.78, 5) is 11.8. The molecule has 4 nitrogen and oxygen atoms in total. The van der Waals surface area contributed by atoms with Gasteiger partial charge in [-0.2, -0.15) is 5.10 Å². The molecule has 7 heteroatoms. The van der Waals surface area contributed by atoms with Gasteiger partial charge in [0.05, 0.1) is 26.9 Å². The van der Waals surface area contributed by atoms with Crippen molar-refractivity contribution >= 4 is 57.3 Å². The first-order chi connectivity index (χ1) is 11.0. The second-order valence-electron chi connectivity index (χ2n) is 4.61. The van der Waals surface area contributed by atoms with Crippen LogP contribution in [0.4, 0.5) is 4.39 Å². The van der Waals surface area contributed by atoms with Gasteiger partial charge in [0.15, 0.2) is 0 Å². The van der Waals surface area contributed by atoms with Crippen molar-refractivity contribution < 1.29 is 13.9 Å². The molecule has 2 rings (SSSR count). The van der Waals surface area contributed by atoms with Crippen molar-refractivity contribution in [2.75, 3.05) is 7.11 Å². The molecule has 120 valence electrons. The van der Waals surface area contributed by atoms with Crippen LogP contribution in [0.3, 0.4) is 0 Å². The average Bonchev–Trinajstić information content (AvgIpc) is 2.49. The highest BCUT2D eigenvalue weighted by atomic mass is 127. The van der Waals surface area contributed by atoms with Gasteiger partial charge in [-0.1, -0.05) is 12.1 Å². The second kappa shape index (κ2) is 8.57. The second-order valence-corrected chi connectivity index (χ2v) is 6.94. The third-order valence-electron chi connectivity index (χ3n) is 2.91. The molecule has 2 aromatic carbocycles. The third kappa shape index (κ3) is 5.41. The molecular weight excluding hydrogens is 525 g/mol. The maximum Gasteiger partial charge on any atom is 0.244 e. The van der Waals surface area contributed by atoms with Crippen molar-refractivity contribution in [3.8, 4) is 5.75 Å². The number of methoxy groups -OCH3 is 1. The molecule has 0 bridgehead atoms. The van der Waals surface area contributed by atoms with Crippen molar-refractivity contribution in [3.63, 3.8) is 0 Å². The molecule has 0 atom stereocenters. The van der Waals surface area contributed by atoms with Crippen molar-refractivity contribution in [2.45, 2.75) is 6.42 Å². The van der Waals surface area contributed by atoms with E-state index in [0.29, 0.717) is 0 Å². The fourth-order valence-corrected chi connectivity index (χ4v) is 4.11. The SMILES string of the molecule is COc1c(I)cc(/C=N/NC(=O)Cc2ccc(F)cc2)cc1I. The zero-order chi connectivity index (χ0) is 16.8. The predicted molar refractivity (Wildman–Crippen MR) is 104 cm³/mol. The molecule has 0 aliphatic heterocycles. The minimum atomic E-state index is -0.323. The first kappa shape index (κ1) is 18.1. The fraction of sp³-hybridized carbons (Fsp3) is 0.125. The summed E-state index contributed by atoms with van der Waals surface area (Å²) in [6, 6.07) is 9.63. The molecule has 0 saturated heterocycles. The van der Waals surface area contributed by atoms with E-state index in [1.807, 2.05) is 12.1 Å². The van der Waals surface area contributed by atoms with Crippen LogP contribution in [0.25, 0.3) is 0 Å². The fourth-order valence-electron chi connectivity index (χ4n) is 1.86. The van der Waals surface area contributed by atoms with Gasteiger partial charge in [-0.15, -0.1) is 0 Å². The van der Waals surface area contributed by atoms with E-state index in [0.717, 1.165) is 24.0 Å². The summed E-state index contributed by atoms with van der Waals surface area (Å²) in [5.41, 5.74) is 4.05. The summed E-state index contributed by atoms with van der Waals surface area (Å²) >= 11 is 4.37. The highest BCUT2D eigenvalue weighted by Crippen LogP contribution is 2.27. The Morgan fingerprint density at radius 2 is 1.87 bits per heavy atom. The predicted octanol–water partition coefficient (Wildman–Crippen LogP) is 3.74. The Balaban J connectivity index is 1.96. The normalized spacial score (nSPS) is 10.8. The van der Waals surface area contributed by atoms with Gasteiger partial charge in [0.1, 0.15) is 11.6 Å². The lowest BCUT2D eigenvalue weighted by molar-refractivity contribution is -0.120. The average molecular weight is 538 g/mol. The van der Waals surface area contributed by atoms with Gasteiger partial charge in [-0.05, 0) is 80.6 Å². The number of ether oxygens (including phenoxy) is 1. The van der Waals surface area contributed by atoms with Crippen molar-refractivity contribution in [2.24, 2.45) is 5.10 Å². The zero-order valence-electron chi connectivity index (χ0n) is 12.1. The third-order valence-corrected chi connectivity index (χ3v) is 4.51. The summed E-state index contributed by atoms with van der Waals surface area (Å²) < 4.78 is 20.0. The summed E-state index contributed by atoms with van der Waals surface area (Å²) in [6.45, 7) is 0. The van der Waals surface area contributed by atoms with E-state index in [-0.39, 0.29) is 18.1 Å². The number of benzene rings is 2. The Hall–Kier alpha value is -1.23. The topological polar surface area (TPSA) is 50.7 Å². The molecule has 0 spiro atoms. The number of hydrogen-bond donors (Lipinski definition) is 1. The molecule has 0 heterocycles. The number of nitrogens with one attached hydrogen (secondary N) is 1. The zero-order valence-corrected chi connectivity index (χ0v) is 16.5. The van der Waals surface area contributed by atoms with Crippen molar-refractivity contribution in [3.05, 3.63) is 60.5 Å². The molecule has 0 aliphatic rings. The molecule has 23 heavy (non-hydrogen) atoms. The molecule has 0 aliphatic carbocycles. The minimum Gasteiger partial charge on any atom is -0.495 e. The van der Waals surface area contributed by atoms with E-state index in [2.05, 4.69) is 55.7 Å². The number of hydrazone groups is 1. The summed E-state index contributed by atoms with van der Waals surface area (Å²) in [6.07, 6.45) is 1.72. The molecule has 0 fully saturated rings. The van der Waals surface area contributed by atoms with Crippen molar-refractivity contribution in [1.29, 1.82) is 0 Å². The molecule has 2 aromatic rings. The van der Waals surface area contributed by atoms with Gasteiger partial charge in [0.25, 0.3) is 0 Å². The number of rotatable bonds is 5. The van der Waals surface area contributed by atoms with Gasteiger partial charge in [0.2, 0.25) is 5.91 Å². The number of amides is 1. The van der Waals surface area contributed by atoms with E-state index in [9.17, 15) is 9.18 Å². The first-order valence-corrected chi connectivity index (χ1v) is 8.74. The lowest BCUT2D eigenvalue weighted by Crippen LogP contribution is -2.19. The lowest BCUT2D eigenvalue weighted by Gasteiger charge is -2.07. The Bertz CT molecular complexity index is 710. The van der Waals surface area contributed by atoms with Crippen LogP contribution in [0.5, 0.6) is 5.75 Å². The largest absolute Gasteiger partial charge is 0.495 e. The quantitative estimate of drug-likeness (QED) is 0.359. The van der Waals surface area contributed by atoms with E-state index in [1.54, 1.807) is 25.5 Å². The molecular formula is C16H13FI2N2O2. The number of carbonyl (C=O) groups is 1. The molecule has 0 unspecified atom stereocenters. The molecule has 0 aromatic heterocycles. The number of hydrogen-bond acceptors (Lipinski definition) is 3. The standard InChI is InChI=1S/C16H13FI2N2O2/c1-23-16-13(18)6-11(7-14(16)19)9-20-21-15(22)8-10-2-4-12(17)5-3-10/h2-7,9H,8H2,1H3,(H,21,22)/b20-9+. The Morgan fingerprint density at radius 1 is 1.26 bits per heavy atom. The molecule has 1 N–H and O–H groups in total. The van der Waals surface area contributed by atoms with Crippen LogP contribution >= 0.6 is 45.2 Å². The summed E-state index contributed by atoms with van der Waals surface area (Å²) in [5.74, 6) is 0.241. The van der Waals surface area contributed by atoms with Crippen LogP contribution in [0.1, 0.15) is 11.1 Å². The smallest absolute Gasteiger partial charge is 0.244 e. The Labute approximate surface area is 160 Å². The Kier molecular flexibility index (Phi) is 6.75. The number of halogens is 3. The van der Waals surface area contributed by atoms with E-state index < -0.39 is 0 Å². The van der Waals surface area contributed by atoms with Gasteiger partial charge < -0.3 is 4.74 Å². The molecule has 0 radical (unpaired) electrons. The van der Waals surface area contributed by atoms with Crippen LogP contribution < -0.4 is 10.2 Å². The van der Waals surface area contributed by atoms with E-state index in [4.69, 9.17) is 4.74 Å². The lowest BCUT2D eigenvalue weighted by atomic mass is 10.1. The van der Waals surface area contributed by atoms with Crippen LogP contribution in [0.2, 0.25) is 0 Å². The van der Waals surface area contributed by atoms with Crippen LogP contribution in [0.15, 0.2) is 41.5 Å². The summed E-state index contributed by atoms with van der Waals surface area (Å²) in [7, 11) is 1.63. The van der Waals surface area contributed by atoms with Gasteiger partial charge in [0, 0.05) is 0 Å².